The lowest BCUT2D eigenvalue weighted by molar-refractivity contribution is -0.122. The van der Waals surface area contributed by atoms with Crippen molar-refractivity contribution in [3.05, 3.63) is 30.7 Å². The summed E-state index contributed by atoms with van der Waals surface area (Å²) in [6.07, 6.45) is 3.21. The van der Waals surface area contributed by atoms with Crippen LogP contribution < -0.4 is 10.6 Å². The molecule has 0 aromatic carbocycles. The fourth-order valence-corrected chi connectivity index (χ4v) is 1.01. The molecule has 1 rings (SSSR count). The van der Waals surface area contributed by atoms with Crippen molar-refractivity contribution in [2.75, 3.05) is 6.54 Å². The van der Waals surface area contributed by atoms with Gasteiger partial charge in [-0.3, -0.25) is 10.1 Å². The van der Waals surface area contributed by atoms with Gasteiger partial charge >= 0.3 is 0 Å². The summed E-state index contributed by atoms with van der Waals surface area (Å²) in [6, 6.07) is 1.48. The quantitative estimate of drug-likeness (QED) is 0.668. The van der Waals surface area contributed by atoms with Gasteiger partial charge in [-0.25, -0.2) is 0 Å². The van der Waals surface area contributed by atoms with Crippen LogP contribution in [0.1, 0.15) is 12.7 Å². The molecule has 0 aliphatic heterocycles. The number of hydrogen-bond donors (Lipinski definition) is 2. The first-order valence-electron chi connectivity index (χ1n) is 4.75. The molecule has 1 aromatic heterocycles. The molecule has 2 N–H and O–H groups in total. The third kappa shape index (κ3) is 3.95. The Hall–Kier alpha value is -1.62. The summed E-state index contributed by atoms with van der Waals surface area (Å²) < 4.78 is 4.88. The Balaban J connectivity index is 2.26. The van der Waals surface area contributed by atoms with Crippen LogP contribution in [-0.4, -0.2) is 23.7 Å². The lowest BCUT2D eigenvalue weighted by Gasteiger charge is -2.11. The van der Waals surface area contributed by atoms with Crippen molar-refractivity contribution >= 4 is 5.91 Å². The molecule has 0 radical (unpaired) electrons. The molecule has 0 saturated heterocycles. The van der Waals surface area contributed by atoms with Crippen molar-refractivity contribution in [3.8, 4) is 0 Å². The van der Waals surface area contributed by atoms with Crippen LogP contribution >= 0.6 is 0 Å². The van der Waals surface area contributed by atoms with Crippen molar-refractivity contribution in [2.24, 2.45) is 0 Å². The summed E-state index contributed by atoms with van der Waals surface area (Å²) in [6.45, 7) is 6.27. The second-order valence-electron chi connectivity index (χ2n) is 3.12. The molecular weight excluding hydrogens is 194 g/mol. The molecule has 0 saturated carbocycles. The minimum atomic E-state index is -0.268. The predicted molar refractivity (Wildman–Crippen MR) is 56.0 cm³/mol. The van der Waals surface area contributed by atoms with Gasteiger partial charge in [0.15, 0.2) is 0 Å². The average Bonchev–Trinajstić information content (AvgIpc) is 2.75. The van der Waals surface area contributed by atoms with Crippen molar-refractivity contribution in [1.29, 1.82) is 0 Å². The molecule has 0 aliphatic rings. The standard InChI is InChI=1S/C10H15N3O2/c1-3-5-11-10(14)8(2)12-7-9-4-6-13-15-9/h3-4,6,8,12H,1,5,7H2,2H3,(H,11,14). The van der Waals surface area contributed by atoms with Gasteiger partial charge in [-0.15, -0.1) is 6.58 Å². The zero-order valence-electron chi connectivity index (χ0n) is 8.69. The summed E-state index contributed by atoms with van der Waals surface area (Å²) in [5.74, 6) is 0.646. The van der Waals surface area contributed by atoms with Crippen LogP contribution in [-0.2, 0) is 11.3 Å². The first kappa shape index (κ1) is 11.5. The fourth-order valence-electron chi connectivity index (χ4n) is 1.01. The summed E-state index contributed by atoms with van der Waals surface area (Å²) in [7, 11) is 0. The van der Waals surface area contributed by atoms with E-state index >= 15 is 0 Å². The topological polar surface area (TPSA) is 67.2 Å². The van der Waals surface area contributed by atoms with Gasteiger partial charge in [0.1, 0.15) is 5.76 Å². The largest absolute Gasteiger partial charge is 0.360 e. The van der Waals surface area contributed by atoms with Crippen LogP contribution in [0.2, 0.25) is 0 Å². The van der Waals surface area contributed by atoms with Crippen LogP contribution in [0.3, 0.4) is 0 Å². The molecule has 5 heteroatoms. The Labute approximate surface area is 88.5 Å². The zero-order valence-corrected chi connectivity index (χ0v) is 8.69. The Kier molecular flexibility index (Phi) is 4.56. The molecule has 1 amide bonds. The number of aromatic nitrogens is 1. The number of nitrogens with zero attached hydrogens (tertiary/aromatic N) is 1. The third-order valence-corrected chi connectivity index (χ3v) is 1.89. The highest BCUT2D eigenvalue weighted by Crippen LogP contribution is 1.96. The second-order valence-corrected chi connectivity index (χ2v) is 3.12. The van der Waals surface area contributed by atoms with E-state index in [9.17, 15) is 4.79 Å². The first-order chi connectivity index (χ1) is 7.24. The van der Waals surface area contributed by atoms with Crippen molar-refractivity contribution < 1.29 is 9.32 Å². The van der Waals surface area contributed by atoms with Crippen LogP contribution in [0.15, 0.2) is 29.4 Å². The lowest BCUT2D eigenvalue weighted by Crippen LogP contribution is -2.41. The van der Waals surface area contributed by atoms with E-state index < -0.39 is 0 Å². The predicted octanol–water partition coefficient (Wildman–Crippen LogP) is 0.455. The Morgan fingerprint density at radius 2 is 2.60 bits per heavy atom. The maximum absolute atomic E-state index is 11.4. The normalized spacial score (nSPS) is 12.1. The highest BCUT2D eigenvalue weighted by atomic mass is 16.5. The van der Waals surface area contributed by atoms with Gasteiger partial charge in [0.05, 0.1) is 18.8 Å². The number of amides is 1. The smallest absolute Gasteiger partial charge is 0.237 e. The fraction of sp³-hybridized carbons (Fsp3) is 0.400. The molecule has 1 heterocycles. The molecule has 0 bridgehead atoms. The molecule has 1 unspecified atom stereocenters. The van der Waals surface area contributed by atoms with Gasteiger partial charge in [-0.2, -0.15) is 0 Å². The van der Waals surface area contributed by atoms with E-state index in [4.69, 9.17) is 4.52 Å². The monoisotopic (exact) mass is 209 g/mol. The van der Waals surface area contributed by atoms with Gasteiger partial charge in [0.25, 0.3) is 0 Å². The van der Waals surface area contributed by atoms with Crippen LogP contribution in [0.4, 0.5) is 0 Å². The number of carbonyl (C=O) groups excluding carboxylic acids is 1. The van der Waals surface area contributed by atoms with E-state index in [-0.39, 0.29) is 11.9 Å². The lowest BCUT2D eigenvalue weighted by atomic mass is 10.3. The first-order valence-corrected chi connectivity index (χ1v) is 4.75. The minimum Gasteiger partial charge on any atom is -0.360 e. The van der Waals surface area contributed by atoms with Gasteiger partial charge in [-0.1, -0.05) is 11.2 Å². The molecule has 0 fully saturated rings. The van der Waals surface area contributed by atoms with Crippen LogP contribution in [0.25, 0.3) is 0 Å². The minimum absolute atomic E-state index is 0.0607. The number of nitrogens with one attached hydrogen (secondary N) is 2. The number of rotatable bonds is 6. The molecular formula is C10H15N3O2. The molecule has 0 aliphatic carbocycles. The maximum Gasteiger partial charge on any atom is 0.237 e. The van der Waals surface area contributed by atoms with Crippen molar-refractivity contribution in [2.45, 2.75) is 19.5 Å². The van der Waals surface area contributed by atoms with Gasteiger partial charge in [-0.05, 0) is 6.92 Å². The summed E-state index contributed by atoms with van der Waals surface area (Å²) in [5, 5.41) is 9.28. The Morgan fingerprint density at radius 1 is 1.80 bits per heavy atom. The van der Waals surface area contributed by atoms with E-state index in [1.165, 1.54) is 0 Å². The van der Waals surface area contributed by atoms with E-state index in [0.717, 1.165) is 0 Å². The van der Waals surface area contributed by atoms with Crippen LogP contribution in [0.5, 0.6) is 0 Å². The summed E-state index contributed by atoms with van der Waals surface area (Å²) in [5.41, 5.74) is 0. The highest BCUT2D eigenvalue weighted by Gasteiger charge is 2.11. The van der Waals surface area contributed by atoms with Crippen molar-refractivity contribution in [3.63, 3.8) is 0 Å². The summed E-state index contributed by atoms with van der Waals surface area (Å²) >= 11 is 0. The number of carbonyl (C=O) groups is 1. The SMILES string of the molecule is C=CCNC(=O)C(C)NCc1ccno1. The summed E-state index contributed by atoms with van der Waals surface area (Å²) in [4.78, 5) is 11.4. The molecule has 0 spiro atoms. The third-order valence-electron chi connectivity index (χ3n) is 1.89. The molecule has 5 nitrogen and oxygen atoms in total. The van der Waals surface area contributed by atoms with Gasteiger partial charge in [0.2, 0.25) is 5.91 Å². The molecule has 82 valence electrons. The molecule has 1 aromatic rings. The number of hydrogen-bond acceptors (Lipinski definition) is 4. The average molecular weight is 209 g/mol. The zero-order chi connectivity index (χ0) is 11.1. The van der Waals surface area contributed by atoms with E-state index in [2.05, 4.69) is 22.4 Å². The van der Waals surface area contributed by atoms with Crippen molar-refractivity contribution in [1.82, 2.24) is 15.8 Å². The van der Waals surface area contributed by atoms with E-state index in [1.54, 1.807) is 25.3 Å². The van der Waals surface area contributed by atoms with Gasteiger partial charge < -0.3 is 9.84 Å². The second kappa shape index (κ2) is 5.98. The molecule has 15 heavy (non-hydrogen) atoms. The molecule has 1 atom stereocenters. The van der Waals surface area contributed by atoms with Gasteiger partial charge in [0, 0.05) is 12.6 Å². The Morgan fingerprint density at radius 3 is 3.20 bits per heavy atom. The highest BCUT2D eigenvalue weighted by molar-refractivity contribution is 5.81. The van der Waals surface area contributed by atoms with Crippen LogP contribution in [0, 0.1) is 0 Å². The van der Waals surface area contributed by atoms with E-state index in [1.807, 2.05) is 0 Å². The van der Waals surface area contributed by atoms with E-state index in [0.29, 0.717) is 18.8 Å². The maximum atomic E-state index is 11.4. The Bertz CT molecular complexity index is 308.